The Morgan fingerprint density at radius 1 is 1.29 bits per heavy atom. The van der Waals surface area contributed by atoms with Crippen molar-refractivity contribution in [3.63, 3.8) is 0 Å². The molecule has 0 radical (unpaired) electrons. The third-order valence-corrected chi connectivity index (χ3v) is 6.84. The van der Waals surface area contributed by atoms with Crippen molar-refractivity contribution >= 4 is 39.1 Å². The monoisotopic (exact) mass is 505 g/mol. The number of benzene rings is 1. The summed E-state index contributed by atoms with van der Waals surface area (Å²) >= 11 is 4.93. The van der Waals surface area contributed by atoms with Crippen LogP contribution in [0.25, 0.3) is 11.3 Å². The predicted molar refractivity (Wildman–Crippen MR) is 120 cm³/mol. The maximum Gasteiger partial charge on any atom is 0.229 e. The minimum atomic E-state index is -0.859. The van der Waals surface area contributed by atoms with Gasteiger partial charge >= 0.3 is 0 Å². The van der Waals surface area contributed by atoms with E-state index in [-0.39, 0.29) is 30.1 Å². The lowest BCUT2D eigenvalue weighted by Crippen LogP contribution is -2.26. The largest absolute Gasteiger partial charge is 0.393 e. The minimum Gasteiger partial charge on any atom is -0.393 e. The Kier molecular flexibility index (Phi) is 6.31. The number of aliphatic hydroxyl groups is 1. The first-order valence-corrected chi connectivity index (χ1v) is 11.5. The zero-order valence-corrected chi connectivity index (χ0v) is 19.2. The Morgan fingerprint density at radius 2 is 2.03 bits per heavy atom. The molecule has 1 aromatic carbocycles. The van der Waals surface area contributed by atoms with Gasteiger partial charge in [0.2, 0.25) is 11.9 Å². The van der Waals surface area contributed by atoms with Crippen LogP contribution in [0.3, 0.4) is 0 Å². The number of aromatic nitrogens is 3. The number of rotatable bonds is 6. The van der Waals surface area contributed by atoms with Gasteiger partial charge in [-0.1, -0.05) is 28.1 Å². The van der Waals surface area contributed by atoms with Crippen LogP contribution in [0.1, 0.15) is 36.5 Å². The third kappa shape index (κ3) is 4.60. The fourth-order valence-corrected chi connectivity index (χ4v) is 4.68. The molecule has 1 unspecified atom stereocenters. The van der Waals surface area contributed by atoms with Crippen molar-refractivity contribution in [2.45, 2.75) is 31.9 Å². The molecule has 3 heterocycles. The van der Waals surface area contributed by atoms with Crippen molar-refractivity contribution in [2.75, 3.05) is 11.9 Å². The molecule has 0 bridgehead atoms. The SMILES string of the molecule is C[C@H](Nc1ncc(F)c([C@@H]2C(=O)NCC2[C@@H](C)O)n1)c1nc(-c2ccc(Br)cc2)cs1. The number of hydrogen-bond acceptors (Lipinski definition) is 7. The van der Waals surface area contributed by atoms with Crippen molar-refractivity contribution in [3.05, 3.63) is 56.8 Å². The van der Waals surface area contributed by atoms with Crippen LogP contribution in [0.15, 0.2) is 40.3 Å². The number of halogens is 2. The summed E-state index contributed by atoms with van der Waals surface area (Å²) in [5, 5.41) is 18.6. The molecule has 4 rings (SSSR count). The van der Waals surface area contributed by atoms with Crippen molar-refractivity contribution in [1.29, 1.82) is 0 Å². The van der Waals surface area contributed by atoms with Crippen molar-refractivity contribution < 1.29 is 14.3 Å². The van der Waals surface area contributed by atoms with E-state index in [0.29, 0.717) is 0 Å². The summed E-state index contributed by atoms with van der Waals surface area (Å²) < 4.78 is 15.5. The molecule has 1 aliphatic rings. The topological polar surface area (TPSA) is 100 Å². The van der Waals surface area contributed by atoms with Gasteiger partial charge in [-0.05, 0) is 26.0 Å². The van der Waals surface area contributed by atoms with Crippen molar-refractivity contribution in [2.24, 2.45) is 5.92 Å². The first-order chi connectivity index (χ1) is 14.8. The van der Waals surface area contributed by atoms with Crippen LogP contribution >= 0.6 is 27.3 Å². The van der Waals surface area contributed by atoms with Crippen LogP contribution < -0.4 is 10.6 Å². The summed E-state index contributed by atoms with van der Waals surface area (Å²) in [5.41, 5.74) is 1.86. The molecule has 162 valence electrons. The quantitative estimate of drug-likeness (QED) is 0.469. The number of aliphatic hydroxyl groups excluding tert-OH is 1. The molecule has 1 amide bonds. The lowest BCUT2D eigenvalue weighted by molar-refractivity contribution is -0.121. The number of nitrogens with zero attached hydrogens (tertiary/aromatic N) is 3. The number of carbonyl (C=O) groups is 1. The molecule has 1 aliphatic heterocycles. The van der Waals surface area contributed by atoms with Crippen LogP contribution in [0.4, 0.5) is 10.3 Å². The molecule has 2 aromatic heterocycles. The van der Waals surface area contributed by atoms with E-state index in [1.807, 2.05) is 36.6 Å². The standard InChI is InChI=1S/C21H21BrFN5O2S/c1-10(20-27-16(9-31-20)12-3-5-13(22)6-4-12)26-21-25-8-15(23)18(28-21)17-14(11(2)29)7-24-19(17)30/h3-6,8-11,14,17,29H,7H2,1-2H3,(H,24,30)(H,25,26,28)/t10-,11+,14?,17+/m0/s1. The summed E-state index contributed by atoms with van der Waals surface area (Å²) in [5.74, 6) is -2.12. The minimum absolute atomic E-state index is 0.0136. The second-order valence-electron chi connectivity index (χ2n) is 7.50. The molecule has 31 heavy (non-hydrogen) atoms. The molecule has 0 aliphatic carbocycles. The number of carbonyl (C=O) groups excluding carboxylic acids is 1. The van der Waals surface area contributed by atoms with E-state index in [0.717, 1.165) is 26.9 Å². The van der Waals surface area contributed by atoms with Crippen LogP contribution in [-0.4, -0.2) is 38.6 Å². The van der Waals surface area contributed by atoms with Gasteiger partial charge in [-0.15, -0.1) is 11.3 Å². The van der Waals surface area contributed by atoms with Crippen molar-refractivity contribution in [3.8, 4) is 11.3 Å². The molecule has 1 saturated heterocycles. The highest BCUT2D eigenvalue weighted by atomic mass is 79.9. The van der Waals surface area contributed by atoms with E-state index in [9.17, 15) is 14.3 Å². The maximum atomic E-state index is 14.5. The highest BCUT2D eigenvalue weighted by molar-refractivity contribution is 9.10. The summed E-state index contributed by atoms with van der Waals surface area (Å²) in [6.07, 6.45) is 0.276. The Labute approximate surface area is 191 Å². The highest BCUT2D eigenvalue weighted by Gasteiger charge is 2.41. The number of amides is 1. The maximum absolute atomic E-state index is 14.5. The van der Waals surface area contributed by atoms with E-state index in [2.05, 4.69) is 41.5 Å². The predicted octanol–water partition coefficient (Wildman–Crippen LogP) is 3.89. The van der Waals surface area contributed by atoms with Gasteiger partial charge in [-0.25, -0.2) is 19.3 Å². The Balaban J connectivity index is 1.54. The molecule has 10 heteroatoms. The van der Waals surface area contributed by atoms with Gasteiger partial charge in [0.05, 0.1) is 35.6 Å². The van der Waals surface area contributed by atoms with Gasteiger partial charge in [-0.2, -0.15) is 0 Å². The van der Waals surface area contributed by atoms with E-state index in [1.54, 1.807) is 6.92 Å². The normalized spacial score (nSPS) is 20.4. The second-order valence-corrected chi connectivity index (χ2v) is 9.30. The van der Waals surface area contributed by atoms with Crippen LogP contribution in [0.2, 0.25) is 0 Å². The molecule has 7 nitrogen and oxygen atoms in total. The van der Waals surface area contributed by atoms with Crippen LogP contribution in [0, 0.1) is 11.7 Å². The van der Waals surface area contributed by atoms with E-state index >= 15 is 0 Å². The molecule has 3 aromatic rings. The first-order valence-electron chi connectivity index (χ1n) is 9.79. The van der Waals surface area contributed by atoms with Gasteiger partial charge in [0, 0.05) is 27.9 Å². The second kappa shape index (κ2) is 8.97. The summed E-state index contributed by atoms with van der Waals surface area (Å²) in [7, 11) is 0. The fraction of sp³-hybridized carbons (Fsp3) is 0.333. The van der Waals surface area contributed by atoms with E-state index < -0.39 is 23.8 Å². The Hall–Kier alpha value is -2.43. The van der Waals surface area contributed by atoms with Gasteiger partial charge in [0.15, 0.2) is 5.82 Å². The number of hydrogen-bond donors (Lipinski definition) is 3. The van der Waals surface area contributed by atoms with Gasteiger partial charge < -0.3 is 15.7 Å². The summed E-state index contributed by atoms with van der Waals surface area (Å²) in [6, 6.07) is 7.67. The van der Waals surface area contributed by atoms with Gasteiger partial charge in [-0.3, -0.25) is 4.79 Å². The van der Waals surface area contributed by atoms with E-state index in [4.69, 9.17) is 0 Å². The lowest BCUT2D eigenvalue weighted by atomic mass is 9.88. The number of thiazole rings is 1. The Bertz CT molecular complexity index is 1090. The average molecular weight is 506 g/mol. The molecule has 3 N–H and O–H groups in total. The molecule has 0 saturated carbocycles. The number of anilines is 1. The van der Waals surface area contributed by atoms with Crippen LogP contribution in [0.5, 0.6) is 0 Å². The Morgan fingerprint density at radius 3 is 2.74 bits per heavy atom. The first kappa shape index (κ1) is 21.8. The summed E-state index contributed by atoms with van der Waals surface area (Å²) in [4.78, 5) is 25.3. The highest BCUT2D eigenvalue weighted by Crippen LogP contribution is 2.33. The zero-order chi connectivity index (χ0) is 22.1. The van der Waals surface area contributed by atoms with Crippen molar-refractivity contribution in [1.82, 2.24) is 20.3 Å². The van der Waals surface area contributed by atoms with Gasteiger partial charge in [0.1, 0.15) is 5.01 Å². The molecule has 0 spiro atoms. The van der Waals surface area contributed by atoms with E-state index in [1.165, 1.54) is 11.3 Å². The third-order valence-electron chi connectivity index (χ3n) is 5.29. The molecular formula is C21H21BrFN5O2S. The van der Waals surface area contributed by atoms with Gasteiger partial charge in [0.25, 0.3) is 0 Å². The molecular weight excluding hydrogens is 485 g/mol. The molecule has 1 fully saturated rings. The average Bonchev–Trinajstić information content (AvgIpc) is 3.37. The fourth-order valence-electron chi connectivity index (χ4n) is 3.58. The zero-order valence-electron chi connectivity index (χ0n) is 16.8. The van der Waals surface area contributed by atoms with Crippen LogP contribution in [-0.2, 0) is 4.79 Å². The molecule has 4 atom stereocenters. The lowest BCUT2D eigenvalue weighted by Gasteiger charge is -2.20. The number of nitrogens with one attached hydrogen (secondary N) is 2. The summed E-state index contributed by atoms with van der Waals surface area (Å²) in [6.45, 7) is 3.78. The smallest absolute Gasteiger partial charge is 0.229 e.